The molecule has 4 aromatic rings. The summed E-state index contributed by atoms with van der Waals surface area (Å²) in [6, 6.07) is 15.4. The number of esters is 1. The lowest BCUT2D eigenvalue weighted by atomic mass is 10.1. The third-order valence-corrected chi connectivity index (χ3v) is 5.06. The van der Waals surface area contributed by atoms with E-state index in [1.54, 1.807) is 10.7 Å². The summed E-state index contributed by atoms with van der Waals surface area (Å²) >= 11 is 6.33. The Hall–Kier alpha value is -3.12. The highest BCUT2D eigenvalue weighted by Crippen LogP contribution is 2.27. The fourth-order valence-corrected chi connectivity index (χ4v) is 3.44. The Morgan fingerprint density at radius 3 is 2.71 bits per heavy atom. The van der Waals surface area contributed by atoms with Gasteiger partial charge in [-0.1, -0.05) is 41.9 Å². The summed E-state index contributed by atoms with van der Waals surface area (Å²) in [6.45, 7) is 3.27. The van der Waals surface area contributed by atoms with Gasteiger partial charge in [0.15, 0.2) is 5.69 Å². The molecule has 0 N–H and O–H groups in total. The predicted octanol–water partition coefficient (Wildman–Crippen LogP) is 4.41. The van der Waals surface area contributed by atoms with Crippen molar-refractivity contribution >= 4 is 28.5 Å². The standard InChI is InChI=1S/C21H19ClN4O2/c1-3-25-19-10-14(8-9-15(19)12-23-25)20-11-18(21(27)28-2)24-26(20)13-16-6-4-5-7-17(16)22/h4-12H,3,13H2,1-2H3. The molecule has 142 valence electrons. The topological polar surface area (TPSA) is 61.9 Å². The minimum Gasteiger partial charge on any atom is -0.464 e. The molecule has 0 saturated carbocycles. The van der Waals surface area contributed by atoms with Crippen LogP contribution in [0.2, 0.25) is 5.02 Å². The minimum absolute atomic E-state index is 0.258. The summed E-state index contributed by atoms with van der Waals surface area (Å²) in [5, 5.41) is 10.6. The van der Waals surface area contributed by atoms with Crippen LogP contribution in [0.1, 0.15) is 23.0 Å². The van der Waals surface area contributed by atoms with Crippen molar-refractivity contribution in [2.24, 2.45) is 0 Å². The number of nitrogens with zero attached hydrogens (tertiary/aromatic N) is 4. The van der Waals surface area contributed by atoms with Gasteiger partial charge >= 0.3 is 5.97 Å². The second kappa shape index (κ2) is 7.48. The van der Waals surface area contributed by atoms with Crippen molar-refractivity contribution in [1.82, 2.24) is 19.6 Å². The van der Waals surface area contributed by atoms with Crippen molar-refractivity contribution in [3.63, 3.8) is 0 Å². The molecule has 0 aliphatic carbocycles. The third-order valence-electron chi connectivity index (χ3n) is 4.69. The van der Waals surface area contributed by atoms with Crippen LogP contribution in [0.25, 0.3) is 22.2 Å². The molecule has 0 amide bonds. The molecule has 4 rings (SSSR count). The number of ether oxygens (including phenoxy) is 1. The zero-order valence-electron chi connectivity index (χ0n) is 15.6. The van der Waals surface area contributed by atoms with E-state index in [0.717, 1.165) is 34.3 Å². The van der Waals surface area contributed by atoms with Crippen molar-refractivity contribution < 1.29 is 9.53 Å². The maximum Gasteiger partial charge on any atom is 0.358 e. The fourth-order valence-electron chi connectivity index (χ4n) is 3.24. The van der Waals surface area contributed by atoms with Gasteiger partial charge in [-0.05, 0) is 30.7 Å². The van der Waals surface area contributed by atoms with Crippen LogP contribution in [-0.4, -0.2) is 32.6 Å². The predicted molar refractivity (Wildman–Crippen MR) is 109 cm³/mol. The molecule has 0 radical (unpaired) electrons. The second-order valence-corrected chi connectivity index (χ2v) is 6.80. The monoisotopic (exact) mass is 394 g/mol. The molecule has 0 aliphatic heterocycles. The Balaban J connectivity index is 1.84. The molecule has 7 heteroatoms. The lowest BCUT2D eigenvalue weighted by Crippen LogP contribution is -2.07. The second-order valence-electron chi connectivity index (χ2n) is 6.39. The Morgan fingerprint density at radius 1 is 1.14 bits per heavy atom. The van der Waals surface area contributed by atoms with E-state index in [-0.39, 0.29) is 5.69 Å². The smallest absolute Gasteiger partial charge is 0.358 e. The van der Waals surface area contributed by atoms with E-state index in [1.807, 2.05) is 47.3 Å². The zero-order valence-corrected chi connectivity index (χ0v) is 16.3. The number of carbonyl (C=O) groups is 1. The van der Waals surface area contributed by atoms with Gasteiger partial charge in [-0.2, -0.15) is 10.2 Å². The number of fused-ring (bicyclic) bond motifs is 1. The van der Waals surface area contributed by atoms with Crippen LogP contribution in [0.5, 0.6) is 0 Å². The minimum atomic E-state index is -0.473. The summed E-state index contributed by atoms with van der Waals surface area (Å²) in [5.41, 5.74) is 3.96. The summed E-state index contributed by atoms with van der Waals surface area (Å²) in [4.78, 5) is 12.1. The number of hydrogen-bond acceptors (Lipinski definition) is 4. The van der Waals surface area contributed by atoms with Gasteiger partial charge in [-0.15, -0.1) is 0 Å². The number of methoxy groups -OCH3 is 1. The van der Waals surface area contributed by atoms with Gasteiger partial charge in [0.05, 0.1) is 31.1 Å². The van der Waals surface area contributed by atoms with Crippen LogP contribution in [0.4, 0.5) is 0 Å². The Kier molecular flexibility index (Phi) is 4.88. The number of aromatic nitrogens is 4. The van der Waals surface area contributed by atoms with Crippen LogP contribution in [0, 0.1) is 0 Å². The molecule has 0 atom stereocenters. The van der Waals surface area contributed by atoms with Crippen LogP contribution < -0.4 is 0 Å². The van der Waals surface area contributed by atoms with E-state index in [9.17, 15) is 4.79 Å². The number of benzene rings is 2. The van der Waals surface area contributed by atoms with E-state index in [1.165, 1.54) is 7.11 Å². The van der Waals surface area contributed by atoms with Gasteiger partial charge in [0.1, 0.15) is 0 Å². The highest BCUT2D eigenvalue weighted by molar-refractivity contribution is 6.31. The average Bonchev–Trinajstić information content (AvgIpc) is 3.32. The van der Waals surface area contributed by atoms with Gasteiger partial charge < -0.3 is 4.74 Å². The van der Waals surface area contributed by atoms with Crippen molar-refractivity contribution in [2.75, 3.05) is 7.11 Å². The van der Waals surface area contributed by atoms with Gasteiger partial charge in [0, 0.05) is 22.5 Å². The van der Waals surface area contributed by atoms with E-state index in [4.69, 9.17) is 16.3 Å². The van der Waals surface area contributed by atoms with Crippen molar-refractivity contribution in [3.8, 4) is 11.3 Å². The molecular weight excluding hydrogens is 376 g/mol. The Labute approximate surface area is 167 Å². The highest BCUT2D eigenvalue weighted by Gasteiger charge is 2.17. The normalized spacial score (nSPS) is 11.1. The van der Waals surface area contributed by atoms with E-state index in [2.05, 4.69) is 23.2 Å². The van der Waals surface area contributed by atoms with E-state index >= 15 is 0 Å². The first-order chi connectivity index (χ1) is 13.6. The van der Waals surface area contributed by atoms with Gasteiger partial charge in [0.2, 0.25) is 0 Å². The maximum atomic E-state index is 12.1. The van der Waals surface area contributed by atoms with Gasteiger partial charge in [-0.3, -0.25) is 9.36 Å². The highest BCUT2D eigenvalue weighted by atomic mass is 35.5. The van der Waals surface area contributed by atoms with Crippen LogP contribution in [0.3, 0.4) is 0 Å². The number of halogens is 1. The average molecular weight is 395 g/mol. The Bertz CT molecular complexity index is 1160. The van der Waals surface area contributed by atoms with Crippen molar-refractivity contribution in [2.45, 2.75) is 20.0 Å². The fraction of sp³-hybridized carbons (Fsp3) is 0.190. The molecule has 2 heterocycles. The number of aryl methyl sites for hydroxylation is 1. The molecule has 2 aromatic heterocycles. The first kappa shape index (κ1) is 18.3. The quantitative estimate of drug-likeness (QED) is 0.470. The summed E-state index contributed by atoms with van der Waals surface area (Å²) in [6.07, 6.45) is 1.85. The van der Waals surface area contributed by atoms with Crippen LogP contribution in [0.15, 0.2) is 54.7 Å². The summed E-state index contributed by atoms with van der Waals surface area (Å²) in [5.74, 6) is -0.473. The SMILES string of the molecule is CCn1ncc2ccc(-c3cc(C(=O)OC)nn3Cc3ccccc3Cl)cc21. The molecule has 0 saturated heterocycles. The molecule has 0 spiro atoms. The third kappa shape index (κ3) is 3.27. The largest absolute Gasteiger partial charge is 0.464 e. The molecule has 6 nitrogen and oxygen atoms in total. The van der Waals surface area contributed by atoms with E-state index < -0.39 is 5.97 Å². The van der Waals surface area contributed by atoms with Crippen molar-refractivity contribution in [1.29, 1.82) is 0 Å². The van der Waals surface area contributed by atoms with Crippen LogP contribution >= 0.6 is 11.6 Å². The Morgan fingerprint density at radius 2 is 1.96 bits per heavy atom. The maximum absolute atomic E-state index is 12.1. The first-order valence-electron chi connectivity index (χ1n) is 8.96. The van der Waals surface area contributed by atoms with Gasteiger partial charge in [0.25, 0.3) is 0 Å². The summed E-state index contributed by atoms with van der Waals surface area (Å²) in [7, 11) is 1.35. The molecule has 0 bridgehead atoms. The molecule has 28 heavy (non-hydrogen) atoms. The number of hydrogen-bond donors (Lipinski definition) is 0. The molecule has 0 aliphatic rings. The summed E-state index contributed by atoms with van der Waals surface area (Å²) < 4.78 is 8.57. The number of rotatable bonds is 5. The van der Waals surface area contributed by atoms with Gasteiger partial charge in [-0.25, -0.2) is 4.79 Å². The molecule has 0 fully saturated rings. The molecular formula is C21H19ClN4O2. The van der Waals surface area contributed by atoms with Crippen molar-refractivity contribution in [3.05, 3.63) is 71.0 Å². The lowest BCUT2D eigenvalue weighted by molar-refractivity contribution is 0.0593. The molecule has 0 unspecified atom stereocenters. The lowest BCUT2D eigenvalue weighted by Gasteiger charge is -2.10. The zero-order chi connectivity index (χ0) is 19.7. The van der Waals surface area contributed by atoms with E-state index in [0.29, 0.717) is 11.6 Å². The first-order valence-corrected chi connectivity index (χ1v) is 9.34. The van der Waals surface area contributed by atoms with Crippen LogP contribution in [-0.2, 0) is 17.8 Å². The molecule has 2 aromatic carbocycles. The number of carbonyl (C=O) groups excluding carboxylic acids is 1.